The molecule has 0 saturated heterocycles. The molecule has 4 aromatic carbocycles. The Bertz CT molecular complexity index is 2630. The topological polar surface area (TPSA) is 151 Å². The number of benzene rings is 4. The van der Waals surface area contributed by atoms with Crippen molar-refractivity contribution in [1.29, 1.82) is 0 Å². The molecule has 0 spiro atoms. The van der Waals surface area contributed by atoms with Crippen LogP contribution in [0.4, 0.5) is 0 Å². The first kappa shape index (κ1) is 45.2. The molecule has 2 atom stereocenters. The summed E-state index contributed by atoms with van der Waals surface area (Å²) in [6.07, 6.45) is 10.7. The number of hydrogen-bond acceptors (Lipinski definition) is 10. The second-order valence-corrected chi connectivity index (χ2v) is 17.8. The first-order chi connectivity index (χ1) is 32.3. The van der Waals surface area contributed by atoms with Crippen LogP contribution in [0.1, 0.15) is 80.6 Å². The third-order valence-electron chi connectivity index (χ3n) is 10.9. The third kappa shape index (κ3) is 10.9. The van der Waals surface area contributed by atoms with Gasteiger partial charge in [-0.1, -0.05) is 123 Å². The fourth-order valence-corrected chi connectivity index (χ4v) is 9.41. The summed E-state index contributed by atoms with van der Waals surface area (Å²) in [7, 11) is 0. The molecule has 2 N–H and O–H groups in total. The molecule has 4 aromatic heterocycles. The lowest BCUT2D eigenvalue weighted by molar-refractivity contribution is -0.134. The highest BCUT2D eigenvalue weighted by atomic mass is 32.1. The monoisotopic (exact) mass is 916 g/mol. The quantitative estimate of drug-likeness (QED) is 0.0814. The number of aromatic nitrogens is 2. The number of carbonyl (C=O) groups is 4. The molecule has 0 fully saturated rings. The highest BCUT2D eigenvalue weighted by Gasteiger charge is 2.30. The average Bonchev–Trinajstić information content (AvgIpc) is 4.22. The van der Waals surface area contributed by atoms with Gasteiger partial charge in [0.15, 0.2) is 0 Å². The van der Waals surface area contributed by atoms with Gasteiger partial charge >= 0.3 is 0 Å². The van der Waals surface area contributed by atoms with Crippen LogP contribution >= 0.6 is 22.7 Å². The van der Waals surface area contributed by atoms with Crippen molar-refractivity contribution in [1.82, 2.24) is 30.4 Å². The molecule has 2 unspecified atom stereocenters. The van der Waals surface area contributed by atoms with Gasteiger partial charge in [0.05, 0.1) is 46.5 Å². The molecule has 0 bridgehead atoms. The van der Waals surface area contributed by atoms with Crippen LogP contribution in [0.25, 0.3) is 32.0 Å². The van der Waals surface area contributed by atoms with Gasteiger partial charge < -0.3 is 29.3 Å². The highest BCUT2D eigenvalue weighted by molar-refractivity contribution is 7.15. The molecule has 0 aliphatic rings. The lowest BCUT2D eigenvalue weighted by Gasteiger charge is -2.27. The molecule has 0 aliphatic heterocycles. The summed E-state index contributed by atoms with van der Waals surface area (Å²) in [6, 6.07) is 36.6. The van der Waals surface area contributed by atoms with E-state index in [1.807, 2.05) is 86.9 Å². The van der Waals surface area contributed by atoms with Gasteiger partial charge in [-0.2, -0.15) is 0 Å². The summed E-state index contributed by atoms with van der Waals surface area (Å²) in [5.74, 6) is -1.20. The van der Waals surface area contributed by atoms with E-state index < -0.39 is 12.1 Å². The summed E-state index contributed by atoms with van der Waals surface area (Å²) < 4.78 is 10.2. The number of nitrogens with zero attached hydrogens (tertiary/aromatic N) is 4. The van der Waals surface area contributed by atoms with E-state index in [1.165, 1.54) is 47.7 Å². The second kappa shape index (κ2) is 21.5. The number of hydrogen-bond donors (Lipinski definition) is 2. The van der Waals surface area contributed by atoms with Crippen LogP contribution in [0, 0.1) is 0 Å². The Kier molecular flexibility index (Phi) is 14.7. The van der Waals surface area contributed by atoms with Gasteiger partial charge in [0, 0.05) is 25.5 Å². The Morgan fingerprint density at radius 3 is 1.26 bits per heavy atom. The molecule has 334 valence electrons. The van der Waals surface area contributed by atoms with E-state index in [0.29, 0.717) is 48.4 Å². The zero-order valence-corrected chi connectivity index (χ0v) is 38.1. The van der Waals surface area contributed by atoms with Gasteiger partial charge in [-0.05, 0) is 58.4 Å². The number of furan rings is 2. The van der Waals surface area contributed by atoms with Crippen molar-refractivity contribution in [3.63, 3.8) is 0 Å². The molecule has 66 heavy (non-hydrogen) atoms. The van der Waals surface area contributed by atoms with Crippen molar-refractivity contribution < 1.29 is 28.0 Å². The van der Waals surface area contributed by atoms with Crippen LogP contribution in [-0.2, 0) is 22.7 Å². The molecule has 8 aromatic rings. The highest BCUT2D eigenvalue weighted by Crippen LogP contribution is 2.33. The Balaban J connectivity index is 0.911. The Hall–Kier alpha value is -7.42. The fraction of sp³-hybridized carbons (Fsp3) is 0.192. The lowest BCUT2D eigenvalue weighted by atomic mass is 10.0. The van der Waals surface area contributed by atoms with Crippen molar-refractivity contribution in [2.24, 2.45) is 0 Å². The summed E-state index contributed by atoms with van der Waals surface area (Å²) in [5, 5.41) is 7.42. The van der Waals surface area contributed by atoms with Crippen LogP contribution in [0.3, 0.4) is 0 Å². The van der Waals surface area contributed by atoms with Crippen molar-refractivity contribution in [3.8, 4) is 32.0 Å². The summed E-state index contributed by atoms with van der Waals surface area (Å²) in [5.41, 5.74) is 6.23. The van der Waals surface area contributed by atoms with Gasteiger partial charge in [0.2, 0.25) is 11.8 Å². The molecule has 8 rings (SSSR count). The summed E-state index contributed by atoms with van der Waals surface area (Å²) in [6.45, 7) is 5.66. The van der Waals surface area contributed by atoms with Crippen molar-refractivity contribution >= 4 is 46.3 Å². The predicted octanol–water partition coefficient (Wildman–Crippen LogP) is 10.6. The van der Waals surface area contributed by atoms with Gasteiger partial charge in [-0.15, -0.1) is 22.7 Å². The summed E-state index contributed by atoms with van der Waals surface area (Å²) >= 11 is 3.08. The first-order valence-corrected chi connectivity index (χ1v) is 23.4. The number of carbonyl (C=O) groups excluding carboxylic acids is 4. The number of amides is 4. The van der Waals surface area contributed by atoms with Gasteiger partial charge in [0.1, 0.15) is 34.6 Å². The van der Waals surface area contributed by atoms with Crippen LogP contribution < -0.4 is 10.6 Å². The SMILES string of the molecule is CCCN(Cc1ncc(-c2ccc(-c3ccc(-c4cnc(CN(CCC)C(=O)C(NC(=O)c5ccoc5)c5ccccc5)s4)cc3)cc2)s1)C(=O)C(NC(=O)c1ccoc1)c1ccccc1. The molecule has 14 heteroatoms. The van der Waals surface area contributed by atoms with Crippen LogP contribution in [-0.4, -0.2) is 56.5 Å². The van der Waals surface area contributed by atoms with Crippen molar-refractivity contribution in [3.05, 3.63) is 191 Å². The maximum absolute atomic E-state index is 14.1. The molecular formula is C52H48N6O6S2. The van der Waals surface area contributed by atoms with Crippen LogP contribution in [0.2, 0.25) is 0 Å². The molecule has 0 saturated carbocycles. The Morgan fingerprint density at radius 2 is 0.909 bits per heavy atom. The third-order valence-corrected chi connectivity index (χ3v) is 13.0. The number of thiazole rings is 2. The van der Waals surface area contributed by atoms with Crippen LogP contribution in [0.5, 0.6) is 0 Å². The second-order valence-electron chi connectivity index (χ2n) is 15.6. The van der Waals surface area contributed by atoms with E-state index >= 15 is 0 Å². The van der Waals surface area contributed by atoms with Gasteiger partial charge in [0.25, 0.3) is 11.8 Å². The minimum absolute atomic E-state index is 0.212. The maximum atomic E-state index is 14.1. The van der Waals surface area contributed by atoms with E-state index in [0.717, 1.165) is 54.9 Å². The van der Waals surface area contributed by atoms with E-state index in [-0.39, 0.29) is 23.6 Å². The Morgan fingerprint density at radius 1 is 0.530 bits per heavy atom. The predicted molar refractivity (Wildman–Crippen MR) is 256 cm³/mol. The van der Waals surface area contributed by atoms with E-state index in [2.05, 4.69) is 59.2 Å². The minimum Gasteiger partial charge on any atom is -0.472 e. The maximum Gasteiger partial charge on any atom is 0.255 e. The first-order valence-electron chi connectivity index (χ1n) is 21.7. The Labute approximate surface area is 391 Å². The molecule has 4 amide bonds. The normalized spacial score (nSPS) is 12.0. The number of rotatable bonds is 19. The van der Waals surface area contributed by atoms with E-state index in [4.69, 9.17) is 18.8 Å². The smallest absolute Gasteiger partial charge is 0.255 e. The molecule has 12 nitrogen and oxygen atoms in total. The molecule has 0 radical (unpaired) electrons. The molecule has 0 aliphatic carbocycles. The fourth-order valence-electron chi connectivity index (χ4n) is 7.54. The van der Waals surface area contributed by atoms with Crippen molar-refractivity contribution in [2.45, 2.75) is 51.9 Å². The van der Waals surface area contributed by atoms with E-state index in [1.54, 1.807) is 21.9 Å². The zero-order chi connectivity index (χ0) is 45.8. The minimum atomic E-state index is -0.880. The molecule has 4 heterocycles. The lowest BCUT2D eigenvalue weighted by Crippen LogP contribution is -2.43. The van der Waals surface area contributed by atoms with Gasteiger partial charge in [-0.3, -0.25) is 19.2 Å². The van der Waals surface area contributed by atoms with Crippen LogP contribution in [0.15, 0.2) is 168 Å². The summed E-state index contributed by atoms with van der Waals surface area (Å²) in [4.78, 5) is 69.3. The average molecular weight is 917 g/mol. The van der Waals surface area contributed by atoms with Crippen molar-refractivity contribution in [2.75, 3.05) is 13.1 Å². The van der Waals surface area contributed by atoms with E-state index in [9.17, 15) is 19.2 Å². The standard InChI is InChI=1S/C52H48N6O6S2/c1-3-25-57(51(61)47(39-11-7-5-8-12-39)55-49(59)41-23-27-63-33-41)31-45-53-29-43(65-45)37-19-15-35(16-20-37)36-17-21-38(22-18-36)44-30-54-46(66-44)32-58(26-4-2)52(62)48(40-13-9-6-10-14-40)56-50(60)42-24-28-64-34-42/h5-24,27-30,33-34,47-48H,3-4,25-26,31-32H2,1-2H3,(H,55,59)(H,56,60). The number of nitrogens with one attached hydrogen (secondary N) is 2. The largest absolute Gasteiger partial charge is 0.472 e. The molecular weight excluding hydrogens is 869 g/mol. The van der Waals surface area contributed by atoms with Gasteiger partial charge in [-0.25, -0.2) is 9.97 Å². The zero-order valence-electron chi connectivity index (χ0n) is 36.5.